The molecule has 42 nitrogen and oxygen atoms in total. The number of aliphatic carboxylic acids is 3. The highest BCUT2D eigenvalue weighted by atomic mass is 16.4. The van der Waals surface area contributed by atoms with E-state index in [2.05, 4.69) is 84.1 Å². The van der Waals surface area contributed by atoms with E-state index in [0.717, 1.165) is 16.7 Å². The van der Waals surface area contributed by atoms with Crippen LogP contribution in [0.3, 0.4) is 0 Å². The van der Waals surface area contributed by atoms with Crippen LogP contribution in [0.5, 0.6) is 0 Å². The molecule has 0 spiro atoms. The molecule has 13 amide bonds. The van der Waals surface area contributed by atoms with Crippen LogP contribution in [0.15, 0.2) is 73.3 Å². The van der Waals surface area contributed by atoms with Crippen LogP contribution in [0.1, 0.15) is 114 Å². The summed E-state index contributed by atoms with van der Waals surface area (Å²) in [5.74, 6) is -16.7. The zero-order valence-corrected chi connectivity index (χ0v) is 63.8. The Morgan fingerprint density at radius 3 is 1.83 bits per heavy atom. The zero-order chi connectivity index (χ0) is 83.8. The van der Waals surface area contributed by atoms with Crippen molar-refractivity contribution in [3.05, 3.63) is 90.1 Å². The first-order chi connectivity index (χ1) is 54.8. The maximum atomic E-state index is 15.6. The van der Waals surface area contributed by atoms with Crippen LogP contribution in [-0.2, 0) is 96.0 Å². The standard InChI is InChI=1S/C73H103N23O19/c1-40(14-8-9-23-79-58(99)36-94(37-60(102)103)38-61(104)105)85-64(108)52(32-59(100)101)92-63(107)48(20-11-25-81-73(76)77)88-69(113)55-21-12-26-95(55)71(115)56-22-13-27-96(56)70(114)53-31-57(98)83-35-54(86-41(2)97)68(112)91-51(30-44-34-78-39-84-44)67(111)89-49(28-42-15-4-3-5-16-42)65(109)87-47(19-10-24-80-72(74)75)62(106)90-50(66(110)93-53)29-43-33-82-46-18-7-6-17-45(43)46/h3-7,15-18,33-34,39-40,47-56,82H,8-14,19-32,35-38H2,1-2H3,(H,78,84)(H,79,99)(H,83,98)(H,85,108)(H,86,97)(H,87,109)(H,88,113)(H,89,111)(H,90,106)(H,91,112)(H,92,107)(H,93,110)(H,100,101)(H,102,103)(H,104,105)(H4,74,75,80)(H4,76,77,81)/t40-,47+,48+,49-,50+,51+,52+,53+,54+,55+,56+/m1/s1. The number of carboxylic acids is 3. The Bertz CT molecular complexity index is 4130. The smallest absolute Gasteiger partial charge is 0.317 e. The van der Waals surface area contributed by atoms with E-state index in [-0.39, 0.29) is 115 Å². The Kier molecular flexibility index (Phi) is 34.6. The van der Waals surface area contributed by atoms with E-state index in [1.165, 1.54) is 17.4 Å². The molecular formula is C73H103N23O19. The van der Waals surface area contributed by atoms with Crippen LogP contribution >= 0.6 is 0 Å². The van der Waals surface area contributed by atoms with Crippen LogP contribution in [0.4, 0.5) is 0 Å². The van der Waals surface area contributed by atoms with Crippen LogP contribution in [-0.4, -0.2) is 277 Å². The molecule has 0 unspecified atom stereocenters. The number of aromatic nitrogens is 3. The molecule has 42 heteroatoms. The van der Waals surface area contributed by atoms with E-state index in [9.17, 15) is 62.6 Å². The van der Waals surface area contributed by atoms with Gasteiger partial charge in [0.15, 0.2) is 11.9 Å². The van der Waals surface area contributed by atoms with Gasteiger partial charge in [0.05, 0.1) is 44.5 Å². The number of nitrogens with one attached hydrogen (secondary N) is 17. The second kappa shape index (κ2) is 44.5. The monoisotopic (exact) mass is 1610 g/mol. The number of imidazole rings is 1. The number of nitrogens with zero attached hydrogens (tertiary/aromatic N) is 4. The van der Waals surface area contributed by atoms with Gasteiger partial charge < -0.3 is 116 Å². The molecule has 115 heavy (non-hydrogen) atoms. The van der Waals surface area contributed by atoms with Gasteiger partial charge in [-0.25, -0.2) is 4.98 Å². The number of hydrogen-bond donors (Lipinski definition) is 22. The van der Waals surface area contributed by atoms with E-state index in [1.807, 2.05) is 0 Å². The van der Waals surface area contributed by atoms with Gasteiger partial charge in [-0.3, -0.25) is 92.4 Å². The summed E-state index contributed by atoms with van der Waals surface area (Å²) in [5, 5.41) is 78.2. The number of rotatable bonds is 36. The van der Waals surface area contributed by atoms with Gasteiger partial charge in [-0.05, 0) is 94.7 Å². The number of amides is 13. The maximum Gasteiger partial charge on any atom is 0.317 e. The molecule has 0 radical (unpaired) electrons. The van der Waals surface area contributed by atoms with Gasteiger partial charge in [-0.2, -0.15) is 0 Å². The van der Waals surface area contributed by atoms with Crippen molar-refractivity contribution >= 4 is 118 Å². The number of nitrogens with two attached hydrogens (primary N) is 2. The van der Waals surface area contributed by atoms with Crippen LogP contribution < -0.4 is 80.6 Å². The molecule has 5 heterocycles. The second-order valence-corrected chi connectivity index (χ2v) is 28.3. The fraction of sp³-hybridized carbons (Fsp3) is 0.521. The van der Waals surface area contributed by atoms with Gasteiger partial charge in [0.25, 0.3) is 0 Å². The average Bonchev–Trinajstić information content (AvgIpc) is 1.70. The Morgan fingerprint density at radius 2 is 1.19 bits per heavy atom. The summed E-state index contributed by atoms with van der Waals surface area (Å²) in [4.78, 5) is 236. The number of benzene rings is 2. The Labute approximate surface area is 660 Å². The van der Waals surface area contributed by atoms with E-state index >= 15 is 19.2 Å². The van der Waals surface area contributed by atoms with Crippen molar-refractivity contribution < 1.29 is 92.0 Å². The van der Waals surface area contributed by atoms with Crippen molar-refractivity contribution in [2.24, 2.45) is 11.5 Å². The fourth-order valence-electron chi connectivity index (χ4n) is 13.6. The summed E-state index contributed by atoms with van der Waals surface area (Å²) in [7, 11) is 0. The van der Waals surface area contributed by atoms with E-state index in [4.69, 9.17) is 32.5 Å². The number of carbonyl (C=O) groups excluding carboxylic acids is 13. The van der Waals surface area contributed by atoms with Crippen molar-refractivity contribution in [1.29, 1.82) is 10.8 Å². The summed E-state index contributed by atoms with van der Waals surface area (Å²) in [6.45, 7) is 0.0586. The van der Waals surface area contributed by atoms with E-state index in [1.54, 1.807) is 67.7 Å². The lowest BCUT2D eigenvalue weighted by Crippen LogP contribution is -2.62. The van der Waals surface area contributed by atoms with Crippen molar-refractivity contribution in [2.75, 3.05) is 58.9 Å². The number of aromatic amines is 2. The Hall–Kier alpha value is -12.8. The molecule has 2 aromatic heterocycles. The molecule has 3 fully saturated rings. The van der Waals surface area contributed by atoms with Gasteiger partial charge in [0.1, 0.15) is 60.4 Å². The minimum absolute atomic E-state index is 0.00778. The summed E-state index contributed by atoms with van der Waals surface area (Å²) < 4.78 is 0. The SMILES string of the molecule is CC(=O)N[C@H]1CNC(=O)C[C@@H](C(=O)N2CCC[C@H]2C(=O)N2CCC[C@H]2C(=O)N[C@@H](CCCNC(=N)N)C(=O)N[C@@H](CC(=O)O)C(=O)N[C@H](C)CCCCNC(=O)CN(CC(=O)O)CC(=O)O)NC(=O)[C@H](Cc2c[nH]c3ccccc23)NC(=O)[C@H](CCCNC(=N)N)NC(=O)[C@@H](Cc2ccccc2)NC(=O)[C@H](Cc2c[nH]cn2)NC1=O. The predicted octanol–water partition coefficient (Wildman–Crippen LogP) is -5.42. The Morgan fingerprint density at radius 1 is 0.609 bits per heavy atom. The highest BCUT2D eigenvalue weighted by Crippen LogP contribution is 2.27. The van der Waals surface area contributed by atoms with Crippen molar-refractivity contribution in [3.8, 4) is 0 Å². The molecule has 0 saturated carbocycles. The lowest BCUT2D eigenvalue weighted by molar-refractivity contribution is -0.148. The van der Waals surface area contributed by atoms with E-state index in [0.29, 0.717) is 34.9 Å². The van der Waals surface area contributed by atoms with Gasteiger partial charge >= 0.3 is 17.9 Å². The molecule has 2 aromatic carbocycles. The number of fused-ring (bicyclic) bond motifs is 1. The normalized spacial score (nSPS) is 20.6. The van der Waals surface area contributed by atoms with Gasteiger partial charge in [-0.1, -0.05) is 48.5 Å². The molecule has 4 aromatic rings. The highest BCUT2D eigenvalue weighted by molar-refractivity contribution is 6.01. The van der Waals surface area contributed by atoms with Crippen molar-refractivity contribution in [1.82, 2.24) is 98.8 Å². The average molecular weight is 1610 g/mol. The highest BCUT2D eigenvalue weighted by Gasteiger charge is 2.46. The maximum absolute atomic E-state index is 15.6. The number of para-hydroxylation sites is 1. The summed E-state index contributed by atoms with van der Waals surface area (Å²) in [5.41, 5.74) is 13.1. The molecule has 0 aliphatic carbocycles. The summed E-state index contributed by atoms with van der Waals surface area (Å²) in [6, 6.07) is -0.725. The largest absolute Gasteiger partial charge is 0.481 e. The third-order valence-electron chi connectivity index (χ3n) is 19.2. The number of hydrogen-bond acceptors (Lipinski definition) is 20. The van der Waals surface area contributed by atoms with E-state index < -0.39 is 212 Å². The molecule has 24 N–H and O–H groups in total. The number of carboxylic acid groups (broad SMARTS) is 3. The first-order valence-electron chi connectivity index (χ1n) is 37.8. The molecule has 7 rings (SSSR count). The molecule has 11 atom stereocenters. The molecule has 3 saturated heterocycles. The lowest BCUT2D eigenvalue weighted by Gasteiger charge is -2.34. The third kappa shape index (κ3) is 29.0. The van der Waals surface area contributed by atoms with Gasteiger partial charge in [-0.15, -0.1) is 0 Å². The zero-order valence-electron chi connectivity index (χ0n) is 63.8. The lowest BCUT2D eigenvalue weighted by atomic mass is 10.0. The van der Waals surface area contributed by atoms with Crippen molar-refractivity contribution in [2.45, 2.75) is 183 Å². The number of likely N-dealkylation sites (tertiary alicyclic amines) is 2. The second-order valence-electron chi connectivity index (χ2n) is 28.3. The summed E-state index contributed by atoms with van der Waals surface area (Å²) in [6.07, 6.45) is 2.98. The van der Waals surface area contributed by atoms with Gasteiger partial charge in [0, 0.05) is 94.8 Å². The number of guanidine groups is 2. The number of unbranched alkanes of at least 4 members (excludes halogenated alkanes) is 1. The van der Waals surface area contributed by atoms with Crippen LogP contribution in [0, 0.1) is 10.8 Å². The molecule has 3 aliphatic rings. The first kappa shape index (κ1) is 89.4. The molecule has 3 aliphatic heterocycles. The summed E-state index contributed by atoms with van der Waals surface area (Å²) >= 11 is 0. The minimum Gasteiger partial charge on any atom is -0.481 e. The topological polar surface area (TPSA) is 644 Å². The first-order valence-corrected chi connectivity index (χ1v) is 37.8. The molecule has 624 valence electrons. The quantitative estimate of drug-likeness (QED) is 0.0115. The fourth-order valence-corrected chi connectivity index (χ4v) is 13.6. The third-order valence-corrected chi connectivity index (χ3v) is 19.2. The number of carbonyl (C=O) groups is 16. The molecular weight excluding hydrogens is 1500 g/mol. The van der Waals surface area contributed by atoms with Crippen molar-refractivity contribution in [3.63, 3.8) is 0 Å². The van der Waals surface area contributed by atoms with Crippen LogP contribution in [0.2, 0.25) is 0 Å². The van der Waals surface area contributed by atoms with Crippen LogP contribution in [0.25, 0.3) is 10.9 Å². The predicted molar refractivity (Wildman–Crippen MR) is 409 cm³/mol. The minimum atomic E-state index is -1.90. The molecule has 0 bridgehead atoms. The van der Waals surface area contributed by atoms with Gasteiger partial charge in [0.2, 0.25) is 76.8 Å². The number of H-pyrrole nitrogens is 2. The Balaban J connectivity index is 1.15.